The number of thiazole rings is 1. The molecule has 6 nitrogen and oxygen atoms in total. The lowest BCUT2D eigenvalue weighted by Crippen LogP contribution is -2.34. The van der Waals surface area contributed by atoms with Crippen LogP contribution < -0.4 is 9.61 Å². The number of para-hydroxylation sites is 1. The summed E-state index contributed by atoms with van der Waals surface area (Å²) in [6, 6.07) is 22.2. The fourth-order valence-corrected chi connectivity index (χ4v) is 10.2. The van der Waals surface area contributed by atoms with Gasteiger partial charge in [0.25, 0.3) is 5.69 Å². The van der Waals surface area contributed by atoms with Gasteiger partial charge >= 0.3 is 4.87 Å². The van der Waals surface area contributed by atoms with Crippen LogP contribution in [0.15, 0.2) is 82.6 Å². The summed E-state index contributed by atoms with van der Waals surface area (Å²) in [6.07, 6.45) is 3.54. The Morgan fingerprint density at radius 1 is 1.03 bits per heavy atom. The molecule has 2 saturated carbocycles. The first-order valence-electron chi connectivity index (χ1n) is 13.1. The normalized spacial score (nSPS) is 24.8. The van der Waals surface area contributed by atoms with E-state index in [-0.39, 0.29) is 28.0 Å². The van der Waals surface area contributed by atoms with Crippen molar-refractivity contribution in [1.29, 1.82) is 0 Å². The number of ether oxygens (including phenoxy) is 1. The average molecular weight is 577 g/mol. The van der Waals surface area contributed by atoms with Crippen molar-refractivity contribution in [3.8, 4) is 11.4 Å². The van der Waals surface area contributed by atoms with E-state index in [9.17, 15) is 14.9 Å². The van der Waals surface area contributed by atoms with E-state index in [0.29, 0.717) is 33.8 Å². The van der Waals surface area contributed by atoms with Crippen LogP contribution in [-0.2, 0) is 6.61 Å². The lowest BCUT2D eigenvalue weighted by Gasteiger charge is -2.40. The van der Waals surface area contributed by atoms with E-state index in [0.717, 1.165) is 33.1 Å². The van der Waals surface area contributed by atoms with Gasteiger partial charge in [0, 0.05) is 44.3 Å². The molecule has 2 heterocycles. The van der Waals surface area contributed by atoms with Crippen molar-refractivity contribution in [1.82, 2.24) is 4.57 Å². The predicted molar refractivity (Wildman–Crippen MR) is 155 cm³/mol. The maximum Gasteiger partial charge on any atom is 0.312 e. The third-order valence-corrected chi connectivity index (χ3v) is 11.6. The number of aromatic nitrogens is 1. The average Bonchev–Trinajstić information content (AvgIpc) is 3.65. The van der Waals surface area contributed by atoms with Crippen molar-refractivity contribution < 1.29 is 9.66 Å². The van der Waals surface area contributed by atoms with Crippen LogP contribution in [0.2, 0.25) is 5.02 Å². The van der Waals surface area contributed by atoms with E-state index in [1.54, 1.807) is 12.1 Å². The second-order valence-corrected chi connectivity index (χ2v) is 13.1. The number of halogens is 1. The maximum absolute atomic E-state index is 13.5. The molecule has 0 unspecified atom stereocenters. The van der Waals surface area contributed by atoms with Crippen LogP contribution in [0, 0.1) is 27.9 Å². The highest BCUT2D eigenvalue weighted by Gasteiger charge is 2.56. The van der Waals surface area contributed by atoms with Gasteiger partial charge in [-0.1, -0.05) is 59.3 Å². The molecule has 7 rings (SSSR count). The number of nitrogens with zero attached hydrogens (tertiary/aromatic N) is 2. The highest BCUT2D eigenvalue weighted by Crippen LogP contribution is 2.65. The molecule has 3 aliphatic rings. The molecule has 0 radical (unpaired) electrons. The molecule has 9 heteroatoms. The van der Waals surface area contributed by atoms with Gasteiger partial charge < -0.3 is 4.74 Å². The fourth-order valence-electron chi connectivity index (χ4n) is 6.85. The first-order valence-corrected chi connectivity index (χ1v) is 15.2. The molecule has 0 spiro atoms. The molecule has 1 aromatic heterocycles. The summed E-state index contributed by atoms with van der Waals surface area (Å²) in [4.78, 5) is 26.0. The van der Waals surface area contributed by atoms with Gasteiger partial charge in [0.1, 0.15) is 12.4 Å². The van der Waals surface area contributed by atoms with Crippen LogP contribution in [0.1, 0.15) is 41.2 Å². The van der Waals surface area contributed by atoms with Crippen LogP contribution in [0.5, 0.6) is 5.75 Å². The van der Waals surface area contributed by atoms with E-state index >= 15 is 0 Å². The number of non-ortho nitro benzene ring substituents is 1. The van der Waals surface area contributed by atoms with Gasteiger partial charge in [-0.05, 0) is 61.3 Å². The molecule has 0 amide bonds. The third-order valence-electron chi connectivity index (χ3n) is 8.51. The molecule has 0 N–H and O–H groups in total. The Labute approximate surface area is 238 Å². The highest BCUT2D eigenvalue weighted by atomic mass is 35.5. The number of rotatable bonds is 6. The van der Waals surface area contributed by atoms with Crippen molar-refractivity contribution in [2.45, 2.75) is 42.1 Å². The van der Waals surface area contributed by atoms with Gasteiger partial charge in [-0.25, -0.2) is 0 Å². The summed E-state index contributed by atoms with van der Waals surface area (Å²) < 4.78 is 8.20. The number of hydrogen-bond donors (Lipinski definition) is 0. The first-order chi connectivity index (χ1) is 19.0. The first kappa shape index (κ1) is 24.9. The number of nitro benzene ring substituents is 1. The molecule has 2 bridgehead atoms. The summed E-state index contributed by atoms with van der Waals surface area (Å²) in [6.45, 7) is 0.250. The maximum atomic E-state index is 13.5. The predicted octanol–water partition coefficient (Wildman–Crippen LogP) is 7.69. The van der Waals surface area contributed by atoms with Crippen molar-refractivity contribution in [2.75, 3.05) is 0 Å². The Hall–Kier alpha value is -3.07. The van der Waals surface area contributed by atoms with E-state index in [4.69, 9.17) is 16.3 Å². The van der Waals surface area contributed by atoms with E-state index in [2.05, 4.69) is 0 Å². The Bertz CT molecular complexity index is 1640. The molecule has 2 aliphatic carbocycles. The highest BCUT2D eigenvalue weighted by molar-refractivity contribution is 8.00. The van der Waals surface area contributed by atoms with Crippen molar-refractivity contribution >= 4 is 40.4 Å². The summed E-state index contributed by atoms with van der Waals surface area (Å²) >= 11 is 9.51. The molecule has 4 aromatic rings. The second-order valence-electron chi connectivity index (χ2n) is 10.5. The van der Waals surface area contributed by atoms with Crippen LogP contribution in [0.3, 0.4) is 0 Å². The molecule has 198 valence electrons. The SMILES string of the molecule is O=c1sc2c(n1-c1ccccc1)S[C@@H]1[C@@H]3CC[C@@H](C3)[C@H]1[C@H]2c1cc([N+](=O)[O-])ccc1OCc1ccccc1Cl. The van der Waals surface area contributed by atoms with Crippen molar-refractivity contribution in [3.63, 3.8) is 0 Å². The molecule has 1 aliphatic heterocycles. The quantitative estimate of drug-likeness (QED) is 0.174. The smallest absolute Gasteiger partial charge is 0.312 e. The zero-order valence-electron chi connectivity index (χ0n) is 20.9. The summed E-state index contributed by atoms with van der Waals surface area (Å²) in [5.74, 6) is 1.88. The standard InChI is InChI=1S/C30H25ClN2O4S2/c31-23-9-5-4-6-19(23)16-37-24-13-12-21(33(35)36)15-22(24)26-25-17-10-11-18(14-17)27(25)38-29-28(26)39-30(34)32(29)20-7-2-1-3-8-20/h1-9,12-13,15,17-18,25-27H,10-11,14,16H2/t17-,18+,25-,26+,27+/m0/s1. The van der Waals surface area contributed by atoms with Crippen LogP contribution >= 0.6 is 34.7 Å². The minimum atomic E-state index is -0.351. The minimum Gasteiger partial charge on any atom is -0.489 e. The minimum absolute atomic E-state index is 0.0278. The van der Waals surface area contributed by atoms with E-state index < -0.39 is 0 Å². The number of thioether (sulfide) groups is 1. The zero-order valence-corrected chi connectivity index (χ0v) is 23.3. The Kier molecular flexibility index (Phi) is 6.29. The van der Waals surface area contributed by atoms with Gasteiger partial charge in [-0.3, -0.25) is 19.5 Å². The Morgan fingerprint density at radius 2 is 1.79 bits per heavy atom. The van der Waals surface area contributed by atoms with E-state index in [1.807, 2.05) is 70.9 Å². The molecular weight excluding hydrogens is 552 g/mol. The lowest BCUT2D eigenvalue weighted by atomic mass is 9.74. The number of hydrogen-bond acceptors (Lipinski definition) is 6. The molecule has 3 aromatic carbocycles. The molecule has 5 atom stereocenters. The number of fused-ring (bicyclic) bond motifs is 6. The van der Waals surface area contributed by atoms with Crippen LogP contribution in [0.4, 0.5) is 5.69 Å². The van der Waals surface area contributed by atoms with E-state index in [1.165, 1.54) is 30.2 Å². The molecule has 0 saturated heterocycles. The van der Waals surface area contributed by atoms with Gasteiger partial charge in [0.2, 0.25) is 0 Å². The Morgan fingerprint density at radius 3 is 2.59 bits per heavy atom. The molecule has 39 heavy (non-hydrogen) atoms. The Balaban J connectivity index is 1.39. The monoisotopic (exact) mass is 576 g/mol. The van der Waals surface area contributed by atoms with Gasteiger partial charge in [0.05, 0.1) is 15.6 Å². The topological polar surface area (TPSA) is 74.4 Å². The zero-order chi connectivity index (χ0) is 26.7. The van der Waals surface area contributed by atoms with Crippen molar-refractivity contribution in [3.05, 3.63) is 114 Å². The summed E-state index contributed by atoms with van der Waals surface area (Å²) in [7, 11) is 0. The van der Waals surface area contributed by atoms with Crippen molar-refractivity contribution in [2.24, 2.45) is 17.8 Å². The van der Waals surface area contributed by atoms with Gasteiger partial charge in [0.15, 0.2) is 0 Å². The largest absolute Gasteiger partial charge is 0.489 e. The van der Waals surface area contributed by atoms with Crippen LogP contribution in [-0.4, -0.2) is 14.7 Å². The van der Waals surface area contributed by atoms with Gasteiger partial charge in [-0.15, -0.1) is 11.8 Å². The van der Waals surface area contributed by atoms with Gasteiger partial charge in [-0.2, -0.15) is 0 Å². The summed E-state index contributed by atoms with van der Waals surface area (Å²) in [5.41, 5.74) is 2.52. The fraction of sp³-hybridized carbons (Fsp3) is 0.300. The number of benzene rings is 3. The number of nitro groups is 1. The van der Waals surface area contributed by atoms with Crippen LogP contribution in [0.25, 0.3) is 5.69 Å². The second kappa shape index (κ2) is 9.84. The molecular formula is C30H25ClN2O4S2. The summed E-state index contributed by atoms with van der Waals surface area (Å²) in [5, 5.41) is 13.9. The third kappa shape index (κ3) is 4.20. The molecule has 2 fully saturated rings. The lowest BCUT2D eigenvalue weighted by molar-refractivity contribution is -0.385.